The van der Waals surface area contributed by atoms with E-state index in [2.05, 4.69) is 16.9 Å². The topological polar surface area (TPSA) is 44.2 Å². The first-order valence-electron chi connectivity index (χ1n) is 7.50. The van der Waals surface area contributed by atoms with Gasteiger partial charge in [-0.05, 0) is 26.3 Å². The van der Waals surface area contributed by atoms with Gasteiger partial charge in [-0.2, -0.15) is 0 Å². The number of rotatable bonds is 11. The van der Waals surface area contributed by atoms with Crippen LogP contribution in [-0.4, -0.2) is 28.9 Å². The summed E-state index contributed by atoms with van der Waals surface area (Å²) in [4.78, 5) is 8.83. The van der Waals surface area contributed by atoms with Gasteiger partial charge >= 0.3 is 0 Å². The summed E-state index contributed by atoms with van der Waals surface area (Å²) in [6.45, 7) is 7.34. The maximum atomic E-state index is 5.56. The third-order valence-corrected chi connectivity index (χ3v) is 3.71. The summed E-state index contributed by atoms with van der Waals surface area (Å²) in [6, 6.07) is 1.86. The molecule has 0 amide bonds. The van der Waals surface area contributed by atoms with E-state index in [9.17, 15) is 0 Å². The van der Waals surface area contributed by atoms with E-state index in [4.69, 9.17) is 9.47 Å². The molecule has 1 heterocycles. The summed E-state index contributed by atoms with van der Waals surface area (Å²) >= 11 is 1.71. The van der Waals surface area contributed by atoms with E-state index in [-0.39, 0.29) is 6.29 Å². The molecule has 1 rings (SSSR count). The molecular formula is C15H26N2O2S. The van der Waals surface area contributed by atoms with Crippen molar-refractivity contribution < 1.29 is 9.47 Å². The summed E-state index contributed by atoms with van der Waals surface area (Å²) in [5.41, 5.74) is 0.805. The van der Waals surface area contributed by atoms with Gasteiger partial charge in [0.05, 0.1) is 0 Å². The number of ether oxygens (including phenoxy) is 2. The molecule has 0 saturated heterocycles. The molecular weight excluding hydrogens is 272 g/mol. The zero-order valence-corrected chi connectivity index (χ0v) is 13.6. The minimum Gasteiger partial charge on any atom is -0.347 e. The smallest absolute Gasteiger partial charge is 0.201 e. The first-order chi connectivity index (χ1) is 9.81. The molecule has 0 unspecified atom stereocenters. The van der Waals surface area contributed by atoms with Crippen LogP contribution in [0.25, 0.3) is 0 Å². The molecule has 5 heteroatoms. The summed E-state index contributed by atoms with van der Waals surface area (Å²) in [5, 5.41) is 0.809. The van der Waals surface area contributed by atoms with Gasteiger partial charge in [-0.1, -0.05) is 37.9 Å². The van der Waals surface area contributed by atoms with Gasteiger partial charge in [0.15, 0.2) is 5.16 Å². The minimum absolute atomic E-state index is 0.382. The highest BCUT2D eigenvalue weighted by atomic mass is 32.2. The molecule has 4 nitrogen and oxygen atoms in total. The highest BCUT2D eigenvalue weighted by molar-refractivity contribution is 7.99. The predicted molar refractivity (Wildman–Crippen MR) is 82.9 cm³/mol. The molecule has 0 bridgehead atoms. The zero-order chi connectivity index (χ0) is 14.6. The van der Waals surface area contributed by atoms with Crippen LogP contribution in [-0.2, 0) is 9.47 Å². The summed E-state index contributed by atoms with van der Waals surface area (Å²) in [7, 11) is 0. The van der Waals surface area contributed by atoms with Gasteiger partial charge in [-0.15, -0.1) is 0 Å². The standard InChI is InChI=1S/C15H26N2O2S/c1-4-7-8-9-12-20-15-16-11-10-13(17-15)14(18-5-2)19-6-3/h10-11,14H,4-9,12H2,1-3H3. The van der Waals surface area contributed by atoms with Crippen LogP contribution >= 0.6 is 11.8 Å². The molecule has 0 radical (unpaired) electrons. The fourth-order valence-corrected chi connectivity index (χ4v) is 2.61. The Kier molecular flexibility index (Phi) is 9.62. The van der Waals surface area contributed by atoms with Crippen molar-refractivity contribution in [3.63, 3.8) is 0 Å². The van der Waals surface area contributed by atoms with Crippen LogP contribution in [0.3, 0.4) is 0 Å². The van der Waals surface area contributed by atoms with Crippen LogP contribution in [0, 0.1) is 0 Å². The van der Waals surface area contributed by atoms with Crippen LogP contribution in [0.2, 0.25) is 0 Å². The summed E-state index contributed by atoms with van der Waals surface area (Å²) < 4.78 is 11.1. The minimum atomic E-state index is -0.382. The molecule has 1 aromatic heterocycles. The van der Waals surface area contributed by atoms with Crippen molar-refractivity contribution in [1.82, 2.24) is 9.97 Å². The van der Waals surface area contributed by atoms with E-state index in [0.717, 1.165) is 16.6 Å². The zero-order valence-electron chi connectivity index (χ0n) is 12.8. The van der Waals surface area contributed by atoms with E-state index in [1.54, 1.807) is 18.0 Å². The first kappa shape index (κ1) is 17.4. The maximum absolute atomic E-state index is 5.56. The maximum Gasteiger partial charge on any atom is 0.201 e. The normalized spacial score (nSPS) is 11.2. The molecule has 0 aliphatic rings. The van der Waals surface area contributed by atoms with Crippen molar-refractivity contribution in [2.45, 2.75) is 57.9 Å². The number of hydrogen-bond donors (Lipinski definition) is 0. The van der Waals surface area contributed by atoms with E-state index >= 15 is 0 Å². The van der Waals surface area contributed by atoms with Crippen molar-refractivity contribution >= 4 is 11.8 Å². The van der Waals surface area contributed by atoms with Crippen molar-refractivity contribution in [1.29, 1.82) is 0 Å². The second-order valence-corrected chi connectivity index (χ2v) is 5.48. The van der Waals surface area contributed by atoms with Crippen LogP contribution in [0.1, 0.15) is 58.4 Å². The second-order valence-electron chi connectivity index (χ2n) is 4.42. The third kappa shape index (κ3) is 6.68. The Morgan fingerprint density at radius 1 is 1.10 bits per heavy atom. The van der Waals surface area contributed by atoms with Gasteiger partial charge in [0.2, 0.25) is 6.29 Å². The molecule has 0 N–H and O–H groups in total. The van der Waals surface area contributed by atoms with Crippen LogP contribution in [0.5, 0.6) is 0 Å². The molecule has 0 aromatic carbocycles. The SMILES string of the molecule is CCCCCCSc1nccc(C(OCC)OCC)n1. The second kappa shape index (κ2) is 11.1. The van der Waals surface area contributed by atoms with Gasteiger partial charge in [0.25, 0.3) is 0 Å². The summed E-state index contributed by atoms with van der Waals surface area (Å²) in [5.74, 6) is 1.07. The molecule has 20 heavy (non-hydrogen) atoms. The fourth-order valence-electron chi connectivity index (χ4n) is 1.77. The lowest BCUT2D eigenvalue weighted by molar-refractivity contribution is -0.143. The average Bonchev–Trinajstić information content (AvgIpc) is 2.47. The Hall–Kier alpha value is -0.650. The van der Waals surface area contributed by atoms with Crippen molar-refractivity contribution in [3.8, 4) is 0 Å². The number of aromatic nitrogens is 2. The lowest BCUT2D eigenvalue weighted by Crippen LogP contribution is -2.11. The highest BCUT2D eigenvalue weighted by Gasteiger charge is 2.13. The van der Waals surface area contributed by atoms with E-state index < -0.39 is 0 Å². The van der Waals surface area contributed by atoms with Crippen molar-refractivity contribution in [3.05, 3.63) is 18.0 Å². The van der Waals surface area contributed by atoms with Crippen LogP contribution in [0.4, 0.5) is 0 Å². The molecule has 0 fully saturated rings. The Balaban J connectivity index is 2.50. The van der Waals surface area contributed by atoms with Gasteiger partial charge in [0.1, 0.15) is 5.69 Å². The van der Waals surface area contributed by atoms with Crippen LogP contribution in [0.15, 0.2) is 17.4 Å². The lowest BCUT2D eigenvalue weighted by atomic mass is 10.2. The van der Waals surface area contributed by atoms with Crippen molar-refractivity contribution in [2.24, 2.45) is 0 Å². The Morgan fingerprint density at radius 3 is 2.50 bits per heavy atom. The monoisotopic (exact) mass is 298 g/mol. The quantitative estimate of drug-likeness (QED) is 0.265. The molecule has 0 atom stereocenters. The number of unbranched alkanes of at least 4 members (excludes halogenated alkanes) is 3. The number of nitrogens with zero attached hydrogens (tertiary/aromatic N) is 2. The van der Waals surface area contributed by atoms with Crippen LogP contribution < -0.4 is 0 Å². The molecule has 1 aromatic rings. The van der Waals surface area contributed by atoms with Gasteiger partial charge < -0.3 is 9.47 Å². The van der Waals surface area contributed by atoms with Crippen molar-refractivity contribution in [2.75, 3.05) is 19.0 Å². The molecule has 0 saturated carbocycles. The molecule has 0 aliphatic heterocycles. The number of thioether (sulfide) groups is 1. The van der Waals surface area contributed by atoms with Gasteiger partial charge in [0, 0.05) is 25.2 Å². The third-order valence-electron chi connectivity index (χ3n) is 2.76. The Bertz CT molecular complexity index is 357. The van der Waals surface area contributed by atoms with E-state index in [1.165, 1.54) is 25.7 Å². The molecule has 0 spiro atoms. The average molecular weight is 298 g/mol. The highest BCUT2D eigenvalue weighted by Crippen LogP contribution is 2.20. The fraction of sp³-hybridized carbons (Fsp3) is 0.733. The first-order valence-corrected chi connectivity index (χ1v) is 8.49. The van der Waals surface area contributed by atoms with E-state index in [0.29, 0.717) is 13.2 Å². The van der Waals surface area contributed by atoms with E-state index in [1.807, 2.05) is 19.9 Å². The van der Waals surface area contributed by atoms with Gasteiger partial charge in [-0.25, -0.2) is 9.97 Å². The molecule has 114 valence electrons. The Labute approximate surface area is 126 Å². The Morgan fingerprint density at radius 2 is 1.85 bits per heavy atom. The largest absolute Gasteiger partial charge is 0.347 e. The van der Waals surface area contributed by atoms with Gasteiger partial charge in [-0.3, -0.25) is 0 Å². The number of hydrogen-bond acceptors (Lipinski definition) is 5. The lowest BCUT2D eigenvalue weighted by Gasteiger charge is -2.16. The molecule has 0 aliphatic carbocycles. The predicted octanol–water partition coefficient (Wildman–Crippen LogP) is 4.22. The summed E-state index contributed by atoms with van der Waals surface area (Å²) in [6.07, 6.45) is 6.46.